The molecule has 1 rings (SSSR count). The Morgan fingerprint density at radius 3 is 2.56 bits per heavy atom. The molecule has 3 heteroatoms. The van der Waals surface area contributed by atoms with E-state index in [0.717, 1.165) is 13.1 Å². The minimum atomic E-state index is 0. The molecule has 0 aromatic rings. The second-order valence-electron chi connectivity index (χ2n) is 2.11. The molecule has 0 amide bonds. The topological polar surface area (TPSA) is 12.0 Å². The van der Waals surface area contributed by atoms with Gasteiger partial charge in [-0.3, -0.25) is 0 Å². The van der Waals surface area contributed by atoms with Crippen LogP contribution in [-0.4, -0.2) is 13.1 Å². The normalized spacial score (nSPS) is 19.3. The van der Waals surface area contributed by atoms with E-state index >= 15 is 0 Å². The number of hydrogen-bond acceptors (Lipinski definition) is 1. The van der Waals surface area contributed by atoms with Gasteiger partial charge >= 0.3 is 0 Å². The highest BCUT2D eigenvalue weighted by Crippen LogP contribution is 2.16. The first-order valence-electron chi connectivity index (χ1n) is 2.85. The highest BCUT2D eigenvalue weighted by Gasteiger charge is 2.03. The molecular weight excluding hydrogens is 201 g/mol. The third kappa shape index (κ3) is 2.70. The van der Waals surface area contributed by atoms with Crippen LogP contribution in [0.3, 0.4) is 0 Å². The largest absolute Gasteiger partial charge is 0.312 e. The van der Waals surface area contributed by atoms with Gasteiger partial charge in [-0.25, -0.2) is 0 Å². The lowest BCUT2D eigenvalue weighted by molar-refractivity contribution is 0.699. The van der Waals surface area contributed by atoms with Crippen LogP contribution in [0.5, 0.6) is 0 Å². The predicted molar refractivity (Wildman–Crippen MR) is 46.4 cm³/mol. The van der Waals surface area contributed by atoms with Gasteiger partial charge in [-0.1, -0.05) is 21.5 Å². The number of halogens is 2. The van der Waals surface area contributed by atoms with Crippen molar-refractivity contribution < 1.29 is 0 Å². The van der Waals surface area contributed by atoms with Crippen LogP contribution >= 0.6 is 28.3 Å². The molecule has 0 aliphatic carbocycles. The van der Waals surface area contributed by atoms with Crippen molar-refractivity contribution in [1.29, 1.82) is 0 Å². The summed E-state index contributed by atoms with van der Waals surface area (Å²) >= 11 is 3.47. The Balaban J connectivity index is 0.000000640. The zero-order valence-electron chi connectivity index (χ0n) is 5.41. The Morgan fingerprint density at radius 1 is 1.56 bits per heavy atom. The van der Waals surface area contributed by atoms with Crippen molar-refractivity contribution in [3.05, 3.63) is 10.1 Å². The lowest BCUT2D eigenvalue weighted by atomic mass is 10.1. The van der Waals surface area contributed by atoms with Gasteiger partial charge in [0.15, 0.2) is 0 Å². The monoisotopic (exact) mass is 211 g/mol. The average molecular weight is 213 g/mol. The van der Waals surface area contributed by atoms with Crippen molar-refractivity contribution in [3.8, 4) is 0 Å². The average Bonchev–Trinajstić information content (AvgIpc) is 1.77. The van der Waals surface area contributed by atoms with Crippen molar-refractivity contribution in [3.63, 3.8) is 0 Å². The predicted octanol–water partition coefficient (Wildman–Crippen LogP) is 2.07. The van der Waals surface area contributed by atoms with E-state index in [4.69, 9.17) is 0 Å². The molecule has 0 saturated carbocycles. The summed E-state index contributed by atoms with van der Waals surface area (Å²) < 4.78 is 1.34. The van der Waals surface area contributed by atoms with Gasteiger partial charge in [-0.05, 0) is 19.9 Å². The fraction of sp³-hybridized carbons (Fsp3) is 0.667. The van der Waals surface area contributed by atoms with E-state index in [-0.39, 0.29) is 12.4 Å². The fourth-order valence-corrected chi connectivity index (χ4v) is 1.16. The van der Waals surface area contributed by atoms with Crippen LogP contribution in [0, 0.1) is 0 Å². The Kier molecular flexibility index (Phi) is 4.54. The van der Waals surface area contributed by atoms with Crippen LogP contribution in [0.1, 0.15) is 13.3 Å². The van der Waals surface area contributed by atoms with Gasteiger partial charge in [0.05, 0.1) is 0 Å². The third-order valence-electron chi connectivity index (χ3n) is 1.42. The summed E-state index contributed by atoms with van der Waals surface area (Å²) in [4.78, 5) is 0. The van der Waals surface area contributed by atoms with E-state index < -0.39 is 0 Å². The molecule has 1 N–H and O–H groups in total. The molecule has 0 bridgehead atoms. The van der Waals surface area contributed by atoms with E-state index in [0.29, 0.717) is 0 Å². The smallest absolute Gasteiger partial charge is 0.0271 e. The quantitative estimate of drug-likeness (QED) is 0.648. The maximum Gasteiger partial charge on any atom is 0.0271 e. The molecule has 0 atom stereocenters. The van der Waals surface area contributed by atoms with Crippen molar-refractivity contribution in [2.24, 2.45) is 0 Å². The van der Waals surface area contributed by atoms with Gasteiger partial charge in [0.25, 0.3) is 0 Å². The second kappa shape index (κ2) is 4.31. The first kappa shape index (κ1) is 9.47. The first-order chi connectivity index (χ1) is 3.80. The summed E-state index contributed by atoms with van der Waals surface area (Å²) in [6.45, 7) is 4.33. The van der Waals surface area contributed by atoms with Crippen LogP contribution in [0.15, 0.2) is 10.1 Å². The van der Waals surface area contributed by atoms with Crippen molar-refractivity contribution >= 4 is 28.3 Å². The lowest BCUT2D eigenvalue weighted by Crippen LogP contribution is -2.22. The second-order valence-corrected chi connectivity index (χ2v) is 3.07. The Labute approximate surface area is 70.4 Å². The molecule has 1 heterocycles. The zero-order chi connectivity index (χ0) is 5.98. The van der Waals surface area contributed by atoms with Crippen molar-refractivity contribution in [2.45, 2.75) is 13.3 Å². The maximum absolute atomic E-state index is 3.47. The van der Waals surface area contributed by atoms with E-state index in [1.807, 2.05) is 0 Å². The van der Waals surface area contributed by atoms with Gasteiger partial charge in [-0.15, -0.1) is 12.4 Å². The molecule has 0 unspecified atom stereocenters. The van der Waals surface area contributed by atoms with Crippen LogP contribution in [0.25, 0.3) is 0 Å². The molecule has 0 radical (unpaired) electrons. The Morgan fingerprint density at radius 2 is 2.22 bits per heavy atom. The number of nitrogens with one attached hydrogen (secondary N) is 1. The SMILES string of the molecule is CC1=C(Br)CNCC1.Cl. The third-order valence-corrected chi connectivity index (χ3v) is 2.38. The van der Waals surface area contributed by atoms with Crippen LogP contribution in [0.4, 0.5) is 0 Å². The van der Waals surface area contributed by atoms with Crippen molar-refractivity contribution in [2.75, 3.05) is 13.1 Å². The summed E-state index contributed by atoms with van der Waals surface area (Å²) in [6.07, 6.45) is 1.20. The van der Waals surface area contributed by atoms with Crippen LogP contribution < -0.4 is 5.32 Å². The molecule has 1 aliphatic rings. The summed E-state index contributed by atoms with van der Waals surface area (Å²) in [5.74, 6) is 0. The lowest BCUT2D eigenvalue weighted by Gasteiger charge is -2.13. The van der Waals surface area contributed by atoms with Gasteiger partial charge in [0.2, 0.25) is 0 Å². The Bertz CT molecular complexity index is 108. The van der Waals surface area contributed by atoms with Gasteiger partial charge in [0.1, 0.15) is 0 Å². The highest BCUT2D eigenvalue weighted by atomic mass is 79.9. The van der Waals surface area contributed by atoms with Gasteiger partial charge in [0, 0.05) is 11.0 Å². The summed E-state index contributed by atoms with van der Waals surface area (Å²) in [5, 5.41) is 3.26. The molecule has 0 aromatic heterocycles. The maximum atomic E-state index is 3.47. The molecule has 9 heavy (non-hydrogen) atoms. The van der Waals surface area contributed by atoms with Crippen molar-refractivity contribution in [1.82, 2.24) is 5.32 Å². The van der Waals surface area contributed by atoms with E-state index in [2.05, 4.69) is 28.2 Å². The number of hydrogen-bond donors (Lipinski definition) is 1. The minimum absolute atomic E-state index is 0. The first-order valence-corrected chi connectivity index (χ1v) is 3.65. The van der Waals surface area contributed by atoms with Crippen LogP contribution in [-0.2, 0) is 0 Å². The molecule has 54 valence electrons. The summed E-state index contributed by atoms with van der Waals surface area (Å²) in [7, 11) is 0. The van der Waals surface area contributed by atoms with Gasteiger partial charge < -0.3 is 5.32 Å². The molecule has 0 spiro atoms. The standard InChI is InChI=1S/C6H10BrN.ClH/c1-5-2-3-8-4-6(5)7;/h8H,2-4H2,1H3;1H. The van der Waals surface area contributed by atoms with E-state index in [1.165, 1.54) is 16.5 Å². The molecular formula is C6H11BrClN. The highest BCUT2D eigenvalue weighted by molar-refractivity contribution is 9.11. The summed E-state index contributed by atoms with van der Waals surface area (Å²) in [6, 6.07) is 0. The van der Waals surface area contributed by atoms with Crippen LogP contribution in [0.2, 0.25) is 0 Å². The van der Waals surface area contributed by atoms with E-state index in [9.17, 15) is 0 Å². The fourth-order valence-electron chi connectivity index (χ4n) is 0.761. The van der Waals surface area contributed by atoms with E-state index in [1.54, 1.807) is 0 Å². The molecule has 0 saturated heterocycles. The van der Waals surface area contributed by atoms with Gasteiger partial charge in [-0.2, -0.15) is 0 Å². The zero-order valence-corrected chi connectivity index (χ0v) is 7.81. The number of rotatable bonds is 0. The summed E-state index contributed by atoms with van der Waals surface area (Å²) in [5.41, 5.74) is 1.49. The molecule has 0 fully saturated rings. The minimum Gasteiger partial charge on any atom is -0.312 e. The molecule has 1 nitrogen and oxygen atoms in total. The molecule has 1 aliphatic heterocycles. The Hall–Kier alpha value is 0.470. The molecule has 0 aromatic carbocycles.